The van der Waals surface area contributed by atoms with Crippen LogP contribution in [0.1, 0.15) is 16.7 Å². The Labute approximate surface area is 115 Å². The van der Waals surface area contributed by atoms with Crippen LogP contribution in [0.5, 0.6) is 0 Å². The van der Waals surface area contributed by atoms with Crippen molar-refractivity contribution >= 4 is 21.6 Å². The summed E-state index contributed by atoms with van der Waals surface area (Å²) in [5.74, 6) is -0.241. The Hall–Kier alpha value is -1.35. The van der Waals surface area contributed by atoms with E-state index in [1.54, 1.807) is 6.07 Å². The Morgan fingerprint density at radius 3 is 2.67 bits per heavy atom. The highest BCUT2D eigenvalue weighted by atomic mass is 79.9. The van der Waals surface area contributed by atoms with E-state index in [1.807, 2.05) is 6.07 Å². The van der Waals surface area contributed by atoms with E-state index in [-0.39, 0.29) is 5.82 Å². The summed E-state index contributed by atoms with van der Waals surface area (Å²) in [5, 5.41) is 3.14. The highest BCUT2D eigenvalue weighted by Crippen LogP contribution is 2.26. The van der Waals surface area contributed by atoms with E-state index in [1.165, 1.54) is 22.8 Å². The molecular weight excluding hydrogens is 293 g/mol. The molecule has 0 bridgehead atoms. The molecule has 0 radical (unpaired) electrons. The van der Waals surface area contributed by atoms with Crippen LogP contribution in [-0.4, -0.2) is 0 Å². The molecule has 2 aromatic rings. The van der Waals surface area contributed by atoms with Crippen LogP contribution in [0.3, 0.4) is 0 Å². The molecule has 94 valence electrons. The van der Waals surface area contributed by atoms with Gasteiger partial charge in [-0.05, 0) is 53.0 Å². The summed E-state index contributed by atoms with van der Waals surface area (Å²) < 4.78 is 14.4. The normalized spacial score (nSPS) is 10.4. The van der Waals surface area contributed by atoms with E-state index >= 15 is 0 Å². The standard InChI is InChI=1S/C15H15BrFN/c1-10-6-7-11(2)12(8-10)9-18-15-13(16)4-3-5-14(15)17/h3-8,18H,9H2,1-2H3. The summed E-state index contributed by atoms with van der Waals surface area (Å²) in [7, 11) is 0. The topological polar surface area (TPSA) is 12.0 Å². The molecule has 0 unspecified atom stereocenters. The predicted octanol–water partition coefficient (Wildman–Crippen LogP) is 4.82. The molecule has 1 N–H and O–H groups in total. The molecule has 18 heavy (non-hydrogen) atoms. The summed E-state index contributed by atoms with van der Waals surface area (Å²) in [6, 6.07) is 11.3. The second kappa shape index (κ2) is 5.53. The predicted molar refractivity (Wildman–Crippen MR) is 77.3 cm³/mol. The molecule has 0 heterocycles. The van der Waals surface area contributed by atoms with Crippen molar-refractivity contribution in [3.63, 3.8) is 0 Å². The number of para-hydroxylation sites is 1. The average Bonchev–Trinajstić information content (AvgIpc) is 2.33. The third-order valence-electron chi connectivity index (χ3n) is 2.92. The molecule has 0 saturated heterocycles. The van der Waals surface area contributed by atoms with Crippen LogP contribution in [0.25, 0.3) is 0 Å². The van der Waals surface area contributed by atoms with Gasteiger partial charge in [-0.3, -0.25) is 0 Å². The molecular formula is C15H15BrFN. The largest absolute Gasteiger partial charge is 0.378 e. The van der Waals surface area contributed by atoms with Gasteiger partial charge < -0.3 is 5.32 Å². The third-order valence-corrected chi connectivity index (χ3v) is 3.58. The van der Waals surface area contributed by atoms with Crippen LogP contribution < -0.4 is 5.32 Å². The maximum atomic E-state index is 13.6. The van der Waals surface area contributed by atoms with Gasteiger partial charge in [-0.1, -0.05) is 29.8 Å². The van der Waals surface area contributed by atoms with Gasteiger partial charge in [0.2, 0.25) is 0 Å². The van der Waals surface area contributed by atoms with E-state index in [0.717, 1.165) is 4.47 Å². The lowest BCUT2D eigenvalue weighted by atomic mass is 10.1. The number of anilines is 1. The lowest BCUT2D eigenvalue weighted by Crippen LogP contribution is -2.04. The second-order valence-electron chi connectivity index (χ2n) is 4.38. The van der Waals surface area contributed by atoms with Crippen LogP contribution in [0, 0.1) is 19.7 Å². The molecule has 0 aromatic heterocycles. The van der Waals surface area contributed by atoms with E-state index in [4.69, 9.17) is 0 Å². The van der Waals surface area contributed by atoms with Gasteiger partial charge in [-0.2, -0.15) is 0 Å². The first-order valence-electron chi connectivity index (χ1n) is 5.82. The zero-order chi connectivity index (χ0) is 13.1. The van der Waals surface area contributed by atoms with Crippen LogP contribution in [0.15, 0.2) is 40.9 Å². The molecule has 0 aliphatic carbocycles. The first-order valence-corrected chi connectivity index (χ1v) is 6.61. The van der Waals surface area contributed by atoms with Gasteiger partial charge in [0.15, 0.2) is 0 Å². The molecule has 0 saturated carbocycles. The van der Waals surface area contributed by atoms with Gasteiger partial charge in [0, 0.05) is 11.0 Å². The number of halogens is 2. The van der Waals surface area contributed by atoms with E-state index in [0.29, 0.717) is 12.2 Å². The summed E-state index contributed by atoms with van der Waals surface area (Å²) in [6.45, 7) is 4.74. The van der Waals surface area contributed by atoms with Crippen molar-refractivity contribution in [2.24, 2.45) is 0 Å². The van der Waals surface area contributed by atoms with Crippen LogP contribution >= 0.6 is 15.9 Å². The Balaban J connectivity index is 2.19. The van der Waals surface area contributed by atoms with Gasteiger partial charge in [-0.25, -0.2) is 4.39 Å². The summed E-state index contributed by atoms with van der Waals surface area (Å²) in [5.41, 5.74) is 4.12. The number of benzene rings is 2. The minimum atomic E-state index is -0.241. The van der Waals surface area contributed by atoms with Crippen LogP contribution in [0.4, 0.5) is 10.1 Å². The molecule has 2 rings (SSSR count). The van der Waals surface area contributed by atoms with Crippen molar-refractivity contribution in [2.75, 3.05) is 5.32 Å². The molecule has 1 nitrogen and oxygen atoms in total. The highest BCUT2D eigenvalue weighted by Gasteiger charge is 2.06. The van der Waals surface area contributed by atoms with Gasteiger partial charge in [0.05, 0.1) is 5.69 Å². The Bertz CT molecular complexity index is 546. The van der Waals surface area contributed by atoms with Crippen LogP contribution in [-0.2, 0) is 6.54 Å². The minimum Gasteiger partial charge on any atom is -0.378 e. The molecule has 0 atom stereocenters. The van der Waals surface area contributed by atoms with E-state index < -0.39 is 0 Å². The molecule has 0 aliphatic rings. The molecule has 2 aromatic carbocycles. The van der Waals surface area contributed by atoms with Crippen molar-refractivity contribution < 1.29 is 4.39 Å². The fraction of sp³-hybridized carbons (Fsp3) is 0.200. The maximum Gasteiger partial charge on any atom is 0.147 e. The Kier molecular flexibility index (Phi) is 4.02. The van der Waals surface area contributed by atoms with E-state index in [2.05, 4.69) is 53.3 Å². The smallest absolute Gasteiger partial charge is 0.147 e. The quantitative estimate of drug-likeness (QED) is 0.857. The monoisotopic (exact) mass is 307 g/mol. The summed E-state index contributed by atoms with van der Waals surface area (Å²) in [4.78, 5) is 0. The average molecular weight is 308 g/mol. The first-order chi connectivity index (χ1) is 8.58. The maximum absolute atomic E-state index is 13.6. The zero-order valence-electron chi connectivity index (χ0n) is 10.4. The van der Waals surface area contributed by atoms with Gasteiger partial charge in [0.1, 0.15) is 5.82 Å². The fourth-order valence-corrected chi connectivity index (χ4v) is 2.32. The van der Waals surface area contributed by atoms with Crippen molar-refractivity contribution in [3.05, 3.63) is 63.4 Å². The minimum absolute atomic E-state index is 0.241. The molecule has 0 aliphatic heterocycles. The number of hydrogen-bond acceptors (Lipinski definition) is 1. The SMILES string of the molecule is Cc1ccc(C)c(CNc2c(F)cccc2Br)c1. The summed E-state index contributed by atoms with van der Waals surface area (Å²) in [6.07, 6.45) is 0. The van der Waals surface area contributed by atoms with Crippen molar-refractivity contribution in [1.29, 1.82) is 0 Å². The van der Waals surface area contributed by atoms with Gasteiger partial charge >= 0.3 is 0 Å². The number of aryl methyl sites for hydroxylation is 2. The Morgan fingerprint density at radius 1 is 1.17 bits per heavy atom. The lowest BCUT2D eigenvalue weighted by molar-refractivity contribution is 0.629. The van der Waals surface area contributed by atoms with Crippen molar-refractivity contribution in [3.8, 4) is 0 Å². The first kappa shape index (κ1) is 13.1. The van der Waals surface area contributed by atoms with E-state index in [9.17, 15) is 4.39 Å². The number of hydrogen-bond donors (Lipinski definition) is 1. The fourth-order valence-electron chi connectivity index (χ4n) is 1.84. The van der Waals surface area contributed by atoms with Gasteiger partial charge in [-0.15, -0.1) is 0 Å². The third kappa shape index (κ3) is 2.91. The van der Waals surface area contributed by atoms with Crippen molar-refractivity contribution in [1.82, 2.24) is 0 Å². The molecule has 0 amide bonds. The Morgan fingerprint density at radius 2 is 1.94 bits per heavy atom. The zero-order valence-corrected chi connectivity index (χ0v) is 12.0. The lowest BCUT2D eigenvalue weighted by Gasteiger charge is -2.12. The molecule has 3 heteroatoms. The number of nitrogens with one attached hydrogen (secondary N) is 1. The second-order valence-corrected chi connectivity index (χ2v) is 5.23. The van der Waals surface area contributed by atoms with Crippen LogP contribution in [0.2, 0.25) is 0 Å². The summed E-state index contributed by atoms with van der Waals surface area (Å²) >= 11 is 3.35. The molecule has 0 fully saturated rings. The van der Waals surface area contributed by atoms with Gasteiger partial charge in [0.25, 0.3) is 0 Å². The highest BCUT2D eigenvalue weighted by molar-refractivity contribution is 9.10. The van der Waals surface area contributed by atoms with Crippen molar-refractivity contribution in [2.45, 2.75) is 20.4 Å². The molecule has 0 spiro atoms. The number of rotatable bonds is 3.